The lowest BCUT2D eigenvalue weighted by molar-refractivity contribution is 0.185. The van der Waals surface area contributed by atoms with Crippen LogP contribution in [0.3, 0.4) is 0 Å². The Morgan fingerprint density at radius 3 is 2.72 bits per heavy atom. The van der Waals surface area contributed by atoms with E-state index in [1.165, 1.54) is 5.56 Å². The second kappa shape index (κ2) is 9.40. The Balaban J connectivity index is 0.00000225. The van der Waals surface area contributed by atoms with E-state index in [0.29, 0.717) is 18.5 Å². The zero-order chi connectivity index (χ0) is 16.9. The van der Waals surface area contributed by atoms with Crippen LogP contribution >= 0.6 is 35.6 Å². The van der Waals surface area contributed by atoms with Crippen molar-refractivity contribution in [3.8, 4) is 0 Å². The van der Waals surface area contributed by atoms with Crippen LogP contribution in [0.1, 0.15) is 29.9 Å². The molecule has 0 radical (unpaired) electrons. The summed E-state index contributed by atoms with van der Waals surface area (Å²) in [5.41, 5.74) is 9.34. The molecule has 0 atom stereocenters. The van der Waals surface area contributed by atoms with Gasteiger partial charge in [0.1, 0.15) is 0 Å². The van der Waals surface area contributed by atoms with Crippen molar-refractivity contribution >= 4 is 47.2 Å². The van der Waals surface area contributed by atoms with E-state index < -0.39 is 0 Å². The zero-order valence-corrected chi connectivity index (χ0v) is 17.2. The normalized spacial score (nSPS) is 19.7. The Morgan fingerprint density at radius 2 is 2.00 bits per heavy atom. The summed E-state index contributed by atoms with van der Waals surface area (Å²) in [6.45, 7) is 0.538. The van der Waals surface area contributed by atoms with Crippen LogP contribution in [0.25, 0.3) is 0 Å². The third-order valence-corrected chi connectivity index (χ3v) is 4.57. The molecule has 134 valence electrons. The molecule has 1 fully saturated rings. The summed E-state index contributed by atoms with van der Waals surface area (Å²) < 4.78 is 5.20. The summed E-state index contributed by atoms with van der Waals surface area (Å²) in [5.74, 6) is 0.971. The third-order valence-electron chi connectivity index (χ3n) is 4.33. The Kier molecular flexibility index (Phi) is 7.53. The molecule has 0 amide bonds. The Morgan fingerprint density at radius 1 is 1.24 bits per heavy atom. The molecule has 2 aromatic rings. The highest BCUT2D eigenvalue weighted by atomic mass is 127. The van der Waals surface area contributed by atoms with Gasteiger partial charge >= 0.3 is 0 Å². The fraction of sp³-hybridized carbons (Fsp3) is 0.316. The van der Waals surface area contributed by atoms with Gasteiger partial charge in [0.25, 0.3) is 0 Å². The summed E-state index contributed by atoms with van der Waals surface area (Å²) in [7, 11) is 1.68. The minimum atomic E-state index is 0. The second-order valence-corrected chi connectivity index (χ2v) is 6.54. The summed E-state index contributed by atoms with van der Waals surface area (Å²) in [6, 6.07) is 16.3. The molecule has 4 nitrogen and oxygen atoms in total. The van der Waals surface area contributed by atoms with Crippen molar-refractivity contribution in [2.24, 2.45) is 10.7 Å². The number of aliphatic imine (C=N–C) groups is 1. The van der Waals surface area contributed by atoms with Crippen LogP contribution < -0.4 is 11.1 Å². The molecule has 0 unspecified atom stereocenters. The van der Waals surface area contributed by atoms with Gasteiger partial charge in [-0.3, -0.25) is 0 Å². The Labute approximate surface area is 170 Å². The van der Waals surface area contributed by atoms with Crippen molar-refractivity contribution in [1.29, 1.82) is 0 Å². The number of methoxy groups -OCH3 is 1. The monoisotopic (exact) mass is 471 g/mol. The lowest BCUT2D eigenvalue weighted by atomic mass is 9.76. The van der Waals surface area contributed by atoms with Crippen molar-refractivity contribution in [3.05, 3.63) is 64.7 Å². The van der Waals surface area contributed by atoms with Crippen molar-refractivity contribution in [3.63, 3.8) is 0 Å². The number of benzene rings is 2. The van der Waals surface area contributed by atoms with Crippen molar-refractivity contribution in [1.82, 2.24) is 0 Å². The summed E-state index contributed by atoms with van der Waals surface area (Å²) in [6.07, 6.45) is 2.00. The van der Waals surface area contributed by atoms with Crippen molar-refractivity contribution < 1.29 is 4.74 Å². The standard InChI is InChI=1S/C19H22ClN3O.HI/c1-24-12-14-5-2-3-8-18(14)23-19(21)22-17-10-15(11-17)13-6-4-7-16(20)9-13;/h2-9,15,17H,10-12H2,1H3,(H3,21,22,23);1H. The molecule has 0 spiro atoms. The minimum absolute atomic E-state index is 0. The Bertz CT molecular complexity index is 732. The molecule has 2 aromatic carbocycles. The topological polar surface area (TPSA) is 59.6 Å². The largest absolute Gasteiger partial charge is 0.380 e. The first-order chi connectivity index (χ1) is 11.7. The number of hydrogen-bond donors (Lipinski definition) is 2. The van der Waals surface area contributed by atoms with Crippen LogP contribution in [0.2, 0.25) is 5.02 Å². The number of guanidine groups is 1. The van der Waals surface area contributed by atoms with Crippen LogP contribution in [-0.2, 0) is 11.3 Å². The molecule has 0 aromatic heterocycles. The molecular formula is C19H23ClIN3O. The molecule has 0 bridgehead atoms. The van der Waals surface area contributed by atoms with Crippen molar-refractivity contribution in [2.75, 3.05) is 12.4 Å². The predicted octanol–water partition coefficient (Wildman–Crippen LogP) is 4.78. The van der Waals surface area contributed by atoms with Crippen LogP contribution in [0.5, 0.6) is 0 Å². The Hall–Kier alpha value is -1.31. The number of hydrogen-bond acceptors (Lipinski definition) is 2. The van der Waals surface area contributed by atoms with Gasteiger partial charge in [-0.05, 0) is 42.5 Å². The van der Waals surface area contributed by atoms with E-state index in [0.717, 1.165) is 29.1 Å². The highest BCUT2D eigenvalue weighted by Crippen LogP contribution is 2.39. The fourth-order valence-corrected chi connectivity index (χ4v) is 3.22. The number of nitrogens with two attached hydrogens (primary N) is 1. The lowest BCUT2D eigenvalue weighted by Crippen LogP contribution is -2.31. The van der Waals surface area contributed by atoms with Gasteiger partial charge in [0.2, 0.25) is 0 Å². The van der Waals surface area contributed by atoms with Gasteiger partial charge in [-0.1, -0.05) is 41.9 Å². The quantitative estimate of drug-likeness (QED) is 0.375. The molecule has 3 N–H and O–H groups in total. The average Bonchev–Trinajstić information content (AvgIpc) is 2.52. The van der Waals surface area contributed by atoms with E-state index in [4.69, 9.17) is 22.1 Å². The first-order valence-corrected chi connectivity index (χ1v) is 8.46. The van der Waals surface area contributed by atoms with E-state index in [-0.39, 0.29) is 30.0 Å². The molecule has 3 rings (SSSR count). The maximum atomic E-state index is 6.07. The molecule has 6 heteroatoms. The predicted molar refractivity (Wildman–Crippen MR) is 115 cm³/mol. The van der Waals surface area contributed by atoms with Crippen LogP contribution in [0.4, 0.5) is 5.69 Å². The number of anilines is 1. The second-order valence-electron chi connectivity index (χ2n) is 6.11. The average molecular weight is 472 g/mol. The molecule has 1 aliphatic rings. The highest BCUT2D eigenvalue weighted by Gasteiger charge is 2.30. The van der Waals surface area contributed by atoms with E-state index in [1.807, 2.05) is 42.5 Å². The van der Waals surface area contributed by atoms with Crippen molar-refractivity contribution in [2.45, 2.75) is 31.4 Å². The number of halogens is 2. The molecule has 1 aliphatic carbocycles. The smallest absolute Gasteiger partial charge is 0.193 e. The van der Waals surface area contributed by atoms with Crippen LogP contribution in [0.15, 0.2) is 53.5 Å². The molecule has 0 heterocycles. The highest BCUT2D eigenvalue weighted by molar-refractivity contribution is 14.0. The van der Waals surface area contributed by atoms with Gasteiger partial charge in [-0.2, -0.15) is 0 Å². The maximum Gasteiger partial charge on any atom is 0.193 e. The van der Waals surface area contributed by atoms with Gasteiger partial charge in [-0.15, -0.1) is 24.0 Å². The molecule has 1 saturated carbocycles. The first kappa shape index (κ1) is 20.0. The third kappa shape index (κ3) is 5.33. The molecule has 0 aliphatic heterocycles. The summed E-state index contributed by atoms with van der Waals surface area (Å²) in [4.78, 5) is 4.59. The van der Waals surface area contributed by atoms with Crippen LogP contribution in [0, 0.1) is 0 Å². The summed E-state index contributed by atoms with van der Waals surface area (Å²) in [5, 5.41) is 3.97. The van der Waals surface area contributed by atoms with E-state index >= 15 is 0 Å². The minimum Gasteiger partial charge on any atom is -0.380 e. The SMILES string of the molecule is COCc1ccccc1NC(N)=NC1CC(c2cccc(Cl)c2)C1.I. The number of nitrogens with one attached hydrogen (secondary N) is 1. The van der Waals surface area contributed by atoms with Gasteiger partial charge in [0.05, 0.1) is 12.6 Å². The molecule has 0 saturated heterocycles. The lowest BCUT2D eigenvalue weighted by Gasteiger charge is -2.33. The number of nitrogens with zero attached hydrogens (tertiary/aromatic N) is 1. The first-order valence-electron chi connectivity index (χ1n) is 8.08. The van der Waals surface area contributed by atoms with Gasteiger partial charge in [0, 0.05) is 23.4 Å². The zero-order valence-electron chi connectivity index (χ0n) is 14.1. The van der Waals surface area contributed by atoms with E-state index in [2.05, 4.69) is 16.4 Å². The maximum absolute atomic E-state index is 6.07. The fourth-order valence-electron chi connectivity index (χ4n) is 3.02. The molecule has 25 heavy (non-hydrogen) atoms. The molecular weight excluding hydrogens is 449 g/mol. The van der Waals surface area contributed by atoms with Gasteiger partial charge < -0.3 is 15.8 Å². The number of para-hydroxylation sites is 1. The summed E-state index contributed by atoms with van der Waals surface area (Å²) >= 11 is 6.05. The van der Waals surface area contributed by atoms with Gasteiger partial charge in [-0.25, -0.2) is 4.99 Å². The van der Waals surface area contributed by atoms with Gasteiger partial charge in [0.15, 0.2) is 5.96 Å². The van der Waals surface area contributed by atoms with E-state index in [1.54, 1.807) is 7.11 Å². The van der Waals surface area contributed by atoms with E-state index in [9.17, 15) is 0 Å². The number of rotatable bonds is 5. The van der Waals surface area contributed by atoms with Crippen LogP contribution in [-0.4, -0.2) is 19.1 Å². The number of ether oxygens (including phenoxy) is 1.